The molecule has 2 aromatic rings. The minimum atomic E-state index is -0.238. The average molecular weight is 412 g/mol. The molecule has 160 valence electrons. The van der Waals surface area contributed by atoms with Crippen molar-refractivity contribution in [2.75, 3.05) is 52.3 Å². The van der Waals surface area contributed by atoms with Crippen molar-refractivity contribution in [3.63, 3.8) is 0 Å². The Morgan fingerprint density at radius 3 is 2.83 bits per heavy atom. The lowest BCUT2D eigenvalue weighted by Crippen LogP contribution is -2.31. The Morgan fingerprint density at radius 2 is 2.13 bits per heavy atom. The zero-order valence-corrected chi connectivity index (χ0v) is 17.9. The molecule has 0 aliphatic carbocycles. The van der Waals surface area contributed by atoms with Gasteiger partial charge in [-0.1, -0.05) is 6.07 Å². The largest absolute Gasteiger partial charge is 0.383 e. The van der Waals surface area contributed by atoms with Gasteiger partial charge in [0.25, 0.3) is 11.8 Å². The number of pyridine rings is 1. The summed E-state index contributed by atoms with van der Waals surface area (Å²) >= 11 is 0. The van der Waals surface area contributed by atoms with E-state index < -0.39 is 0 Å². The van der Waals surface area contributed by atoms with Gasteiger partial charge >= 0.3 is 0 Å². The molecule has 1 N–H and O–H groups in total. The van der Waals surface area contributed by atoms with Gasteiger partial charge in [0.1, 0.15) is 5.69 Å². The van der Waals surface area contributed by atoms with Crippen LogP contribution in [-0.4, -0.2) is 79.1 Å². The number of methoxy groups -OCH3 is 1. The van der Waals surface area contributed by atoms with Crippen LogP contribution in [0.15, 0.2) is 24.5 Å². The van der Waals surface area contributed by atoms with Gasteiger partial charge in [0.2, 0.25) is 5.95 Å². The minimum absolute atomic E-state index is 0.0529. The fourth-order valence-electron chi connectivity index (χ4n) is 3.48. The topological polar surface area (TPSA) is 101 Å². The third-order valence-corrected chi connectivity index (χ3v) is 5.12. The van der Waals surface area contributed by atoms with Gasteiger partial charge in [-0.15, -0.1) is 0 Å². The maximum Gasteiger partial charge on any atom is 0.272 e. The first-order valence-electron chi connectivity index (χ1n) is 9.94. The number of nitrogens with zero attached hydrogens (tertiary/aromatic N) is 5. The first-order valence-corrected chi connectivity index (χ1v) is 9.94. The molecule has 0 radical (unpaired) electrons. The molecule has 0 bridgehead atoms. The molecule has 30 heavy (non-hydrogen) atoms. The molecule has 9 nitrogen and oxygen atoms in total. The number of hydrogen-bond acceptors (Lipinski definition) is 7. The van der Waals surface area contributed by atoms with Gasteiger partial charge in [-0.3, -0.25) is 14.6 Å². The summed E-state index contributed by atoms with van der Waals surface area (Å²) in [6.45, 7) is 3.78. The smallest absolute Gasteiger partial charge is 0.272 e. The molecule has 0 aromatic carbocycles. The van der Waals surface area contributed by atoms with Crippen molar-refractivity contribution >= 4 is 17.8 Å². The van der Waals surface area contributed by atoms with E-state index in [2.05, 4.69) is 20.3 Å². The molecular weight excluding hydrogens is 384 g/mol. The highest BCUT2D eigenvalue weighted by molar-refractivity contribution is 5.96. The lowest BCUT2D eigenvalue weighted by Gasteiger charge is -2.19. The fraction of sp³-hybridized carbons (Fsp3) is 0.476. The Bertz CT molecular complexity index is 917. The van der Waals surface area contributed by atoms with Gasteiger partial charge in [-0.25, -0.2) is 9.97 Å². The Morgan fingerprint density at radius 1 is 1.33 bits per heavy atom. The summed E-state index contributed by atoms with van der Waals surface area (Å²) in [6.07, 6.45) is 3.91. The highest BCUT2D eigenvalue weighted by Crippen LogP contribution is 2.30. The van der Waals surface area contributed by atoms with Crippen molar-refractivity contribution in [2.45, 2.75) is 19.3 Å². The van der Waals surface area contributed by atoms with Crippen molar-refractivity contribution < 1.29 is 14.3 Å². The third kappa shape index (κ3) is 4.73. The second-order valence-electron chi connectivity index (χ2n) is 7.52. The predicted octanol–water partition coefficient (Wildman–Crippen LogP) is 1.25. The summed E-state index contributed by atoms with van der Waals surface area (Å²) in [5.74, 6) is 0.146. The van der Waals surface area contributed by atoms with E-state index in [-0.39, 0.29) is 17.7 Å². The van der Waals surface area contributed by atoms with Gasteiger partial charge in [0.05, 0.1) is 17.9 Å². The molecule has 9 heteroatoms. The molecule has 3 rings (SSSR count). The molecule has 1 fully saturated rings. The summed E-state index contributed by atoms with van der Waals surface area (Å²) in [6, 6.07) is 3.70. The summed E-state index contributed by atoms with van der Waals surface area (Å²) in [5.41, 5.74) is 2.41. The molecule has 1 atom stereocenters. The summed E-state index contributed by atoms with van der Waals surface area (Å²) in [4.78, 5) is 42.4. The molecule has 2 aromatic heterocycles. The summed E-state index contributed by atoms with van der Waals surface area (Å²) in [5, 5.41) is 2.83. The van der Waals surface area contributed by atoms with Crippen molar-refractivity contribution in [1.29, 1.82) is 0 Å². The second-order valence-corrected chi connectivity index (χ2v) is 7.52. The van der Waals surface area contributed by atoms with Gasteiger partial charge in [-0.2, -0.15) is 0 Å². The van der Waals surface area contributed by atoms with E-state index in [1.165, 1.54) is 0 Å². The van der Waals surface area contributed by atoms with Crippen LogP contribution in [0.4, 0.5) is 5.95 Å². The average Bonchev–Trinajstić information content (AvgIpc) is 3.23. The number of nitrogens with one attached hydrogen (secondary N) is 1. The monoisotopic (exact) mass is 412 g/mol. The molecule has 2 amide bonds. The third-order valence-electron chi connectivity index (χ3n) is 5.12. The van der Waals surface area contributed by atoms with Crippen LogP contribution in [0, 0.1) is 6.92 Å². The number of carbonyl (C=O) groups excluding carboxylic acids is 2. The lowest BCUT2D eigenvalue weighted by atomic mass is 9.99. The molecule has 1 aliphatic rings. The highest BCUT2D eigenvalue weighted by Gasteiger charge is 2.33. The lowest BCUT2D eigenvalue weighted by molar-refractivity contribution is 0.0784. The van der Waals surface area contributed by atoms with E-state index in [9.17, 15) is 9.59 Å². The van der Waals surface area contributed by atoms with E-state index >= 15 is 0 Å². The Kier molecular flexibility index (Phi) is 6.94. The standard InChI is InChI=1S/C21H28N6O3/c1-14-6-5-8-22-17(14)20(29)27-10-7-15(13-27)18-16(19(28)23-9-11-30-4)12-24-21(25-18)26(2)3/h5-6,8,12,15H,7,9-11,13H2,1-4H3,(H,23,28). The predicted molar refractivity (Wildman–Crippen MR) is 113 cm³/mol. The summed E-state index contributed by atoms with van der Waals surface area (Å²) in [7, 11) is 5.29. The number of hydrogen-bond donors (Lipinski definition) is 1. The Labute approximate surface area is 176 Å². The zero-order chi connectivity index (χ0) is 21.7. The van der Waals surface area contributed by atoms with E-state index in [0.717, 1.165) is 12.0 Å². The van der Waals surface area contributed by atoms with Crippen molar-refractivity contribution in [1.82, 2.24) is 25.2 Å². The number of ether oxygens (including phenoxy) is 1. The van der Waals surface area contributed by atoms with Crippen LogP contribution in [0.3, 0.4) is 0 Å². The van der Waals surface area contributed by atoms with Crippen LogP contribution in [0.1, 0.15) is 44.4 Å². The normalized spacial score (nSPS) is 15.9. The fourth-order valence-corrected chi connectivity index (χ4v) is 3.48. The van der Waals surface area contributed by atoms with Gasteiger partial charge in [-0.05, 0) is 25.0 Å². The van der Waals surface area contributed by atoms with Gasteiger partial charge < -0.3 is 19.9 Å². The molecule has 1 aliphatic heterocycles. The SMILES string of the molecule is COCCNC(=O)c1cnc(N(C)C)nc1C1CCN(C(=O)c2ncccc2C)C1. The van der Waals surface area contributed by atoms with Crippen molar-refractivity contribution in [3.05, 3.63) is 47.0 Å². The van der Waals surface area contributed by atoms with Crippen molar-refractivity contribution in [3.8, 4) is 0 Å². The second kappa shape index (κ2) is 9.62. The van der Waals surface area contributed by atoms with Gasteiger partial charge in [0, 0.05) is 59.2 Å². The van der Waals surface area contributed by atoms with E-state index in [1.807, 2.05) is 33.2 Å². The van der Waals surface area contributed by atoms with Crippen LogP contribution in [0.5, 0.6) is 0 Å². The first kappa shape index (κ1) is 21.6. The zero-order valence-electron chi connectivity index (χ0n) is 17.9. The van der Waals surface area contributed by atoms with E-state index in [0.29, 0.717) is 49.1 Å². The molecular formula is C21H28N6O3. The Hall–Kier alpha value is -3.07. The molecule has 0 spiro atoms. The van der Waals surface area contributed by atoms with Crippen LogP contribution in [0.2, 0.25) is 0 Å². The maximum absolute atomic E-state index is 12.9. The number of aromatic nitrogens is 3. The Balaban J connectivity index is 1.83. The highest BCUT2D eigenvalue weighted by atomic mass is 16.5. The molecule has 0 saturated carbocycles. The number of likely N-dealkylation sites (tertiary alicyclic amines) is 1. The maximum atomic E-state index is 12.9. The van der Waals surface area contributed by atoms with Gasteiger partial charge in [0.15, 0.2) is 0 Å². The molecule has 3 heterocycles. The van der Waals surface area contributed by atoms with Crippen molar-refractivity contribution in [2.24, 2.45) is 0 Å². The quantitative estimate of drug-likeness (QED) is 0.683. The van der Waals surface area contributed by atoms with Crippen LogP contribution in [-0.2, 0) is 4.74 Å². The molecule has 1 saturated heterocycles. The summed E-state index contributed by atoms with van der Waals surface area (Å²) < 4.78 is 5.00. The number of carbonyl (C=O) groups is 2. The van der Waals surface area contributed by atoms with Crippen LogP contribution < -0.4 is 10.2 Å². The van der Waals surface area contributed by atoms with Crippen LogP contribution >= 0.6 is 0 Å². The number of aryl methyl sites for hydroxylation is 1. The van der Waals surface area contributed by atoms with Crippen LogP contribution in [0.25, 0.3) is 0 Å². The molecule has 1 unspecified atom stereocenters. The number of amides is 2. The number of rotatable bonds is 7. The first-order chi connectivity index (χ1) is 14.4. The minimum Gasteiger partial charge on any atom is -0.383 e. The van der Waals surface area contributed by atoms with E-state index in [1.54, 1.807) is 29.3 Å². The van der Waals surface area contributed by atoms with E-state index in [4.69, 9.17) is 4.74 Å². The number of anilines is 1.